The molecule has 0 saturated carbocycles. The second-order valence-corrected chi connectivity index (χ2v) is 8.17. The Morgan fingerprint density at radius 2 is 1.71 bits per heavy atom. The molecule has 166 valence electrons. The maximum absolute atomic E-state index is 11.2. The molecule has 1 aromatic heterocycles. The van der Waals surface area contributed by atoms with Gasteiger partial charge in [-0.2, -0.15) is 0 Å². The third-order valence-electron chi connectivity index (χ3n) is 5.86. The lowest BCUT2D eigenvalue weighted by atomic mass is 10.1. The molecular weight excluding hydrogens is 388 g/mol. The predicted octanol–water partition coefficient (Wildman–Crippen LogP) is 6.26. The van der Waals surface area contributed by atoms with Crippen molar-refractivity contribution in [1.82, 2.24) is 9.47 Å². The van der Waals surface area contributed by atoms with E-state index in [0.29, 0.717) is 11.5 Å². The van der Waals surface area contributed by atoms with Gasteiger partial charge in [0.2, 0.25) is 0 Å². The van der Waals surface area contributed by atoms with Gasteiger partial charge < -0.3 is 19.3 Å². The average Bonchev–Trinajstić information content (AvgIpc) is 2.99. The van der Waals surface area contributed by atoms with Crippen LogP contribution < -0.4 is 4.74 Å². The molecule has 0 unspecified atom stereocenters. The van der Waals surface area contributed by atoms with E-state index in [2.05, 4.69) is 49.3 Å². The van der Waals surface area contributed by atoms with Crippen LogP contribution in [0.5, 0.6) is 11.5 Å². The van der Waals surface area contributed by atoms with Gasteiger partial charge in [-0.25, -0.2) is 4.79 Å². The Kier molecular flexibility index (Phi) is 7.75. The molecule has 1 heterocycles. The fraction of sp³-hybridized carbons (Fsp3) is 0.423. The van der Waals surface area contributed by atoms with E-state index < -0.39 is 5.97 Å². The maximum atomic E-state index is 11.2. The van der Waals surface area contributed by atoms with Crippen molar-refractivity contribution in [3.63, 3.8) is 0 Å². The lowest BCUT2D eigenvalue weighted by molar-refractivity contribution is 0.0696. The minimum atomic E-state index is -0.958. The molecule has 0 aliphatic heterocycles. The summed E-state index contributed by atoms with van der Waals surface area (Å²) in [4.78, 5) is 13.8. The van der Waals surface area contributed by atoms with E-state index in [4.69, 9.17) is 4.74 Å². The number of carbonyl (C=O) groups is 1. The third-order valence-corrected chi connectivity index (χ3v) is 5.86. The maximum Gasteiger partial charge on any atom is 0.335 e. The lowest BCUT2D eigenvalue weighted by Gasteiger charge is -2.21. The molecule has 0 atom stereocenters. The number of hydrogen-bond donors (Lipinski definition) is 1. The SMILES string of the molecule is CCCN(CCC)CCCn1c(C)c(C)c2cc(Oc3cccc(C(=O)O)c3)ccc21. The van der Waals surface area contributed by atoms with Gasteiger partial charge in [-0.1, -0.05) is 19.9 Å². The number of nitrogens with zero attached hydrogens (tertiary/aromatic N) is 2. The van der Waals surface area contributed by atoms with Crippen LogP contribution in [-0.4, -0.2) is 40.2 Å². The molecule has 5 heteroatoms. The van der Waals surface area contributed by atoms with Crippen molar-refractivity contribution in [2.45, 2.75) is 53.5 Å². The van der Waals surface area contributed by atoms with E-state index in [9.17, 15) is 9.90 Å². The van der Waals surface area contributed by atoms with Crippen molar-refractivity contribution in [3.05, 3.63) is 59.3 Å². The highest BCUT2D eigenvalue weighted by Gasteiger charge is 2.13. The summed E-state index contributed by atoms with van der Waals surface area (Å²) in [5, 5.41) is 10.4. The number of benzene rings is 2. The monoisotopic (exact) mass is 422 g/mol. The van der Waals surface area contributed by atoms with Crippen LogP contribution in [0.4, 0.5) is 0 Å². The number of rotatable bonds is 11. The summed E-state index contributed by atoms with van der Waals surface area (Å²) in [5.74, 6) is 0.285. The fourth-order valence-corrected chi connectivity index (χ4v) is 4.23. The minimum Gasteiger partial charge on any atom is -0.478 e. The standard InChI is InChI=1S/C26H34N2O3/c1-5-13-27(14-6-2)15-8-16-28-20(4)19(3)24-18-23(11-12-25(24)28)31-22-10-7-9-21(17-22)26(29)30/h7,9-12,17-18H,5-6,8,13-16H2,1-4H3,(H,29,30). The molecule has 3 rings (SSSR count). The zero-order valence-corrected chi connectivity index (χ0v) is 19.1. The molecule has 31 heavy (non-hydrogen) atoms. The van der Waals surface area contributed by atoms with Gasteiger partial charge in [-0.05, 0) is 94.7 Å². The highest BCUT2D eigenvalue weighted by atomic mass is 16.5. The number of carboxylic acid groups (broad SMARTS) is 1. The van der Waals surface area contributed by atoms with E-state index in [0.717, 1.165) is 19.5 Å². The van der Waals surface area contributed by atoms with Gasteiger partial charge in [-0.3, -0.25) is 0 Å². The Morgan fingerprint density at radius 3 is 2.39 bits per heavy atom. The van der Waals surface area contributed by atoms with Gasteiger partial charge in [-0.15, -0.1) is 0 Å². The summed E-state index contributed by atoms with van der Waals surface area (Å²) >= 11 is 0. The van der Waals surface area contributed by atoms with Crippen LogP contribution in [0.2, 0.25) is 0 Å². The van der Waals surface area contributed by atoms with Gasteiger partial charge in [0, 0.05) is 23.1 Å². The van der Waals surface area contributed by atoms with Crippen LogP contribution in [0, 0.1) is 13.8 Å². The van der Waals surface area contributed by atoms with Crippen LogP contribution in [0.1, 0.15) is 54.7 Å². The number of aromatic carboxylic acids is 1. The number of fused-ring (bicyclic) bond motifs is 1. The number of hydrogen-bond acceptors (Lipinski definition) is 3. The molecule has 0 bridgehead atoms. The van der Waals surface area contributed by atoms with Gasteiger partial charge in [0.05, 0.1) is 5.56 Å². The number of ether oxygens (including phenoxy) is 1. The Bertz CT molecular complexity index is 1030. The van der Waals surface area contributed by atoms with Gasteiger partial charge in [0.15, 0.2) is 0 Å². The number of carboxylic acids is 1. The highest BCUT2D eigenvalue weighted by Crippen LogP contribution is 2.31. The van der Waals surface area contributed by atoms with E-state index in [1.165, 1.54) is 48.1 Å². The Hall–Kier alpha value is -2.79. The largest absolute Gasteiger partial charge is 0.478 e. The molecule has 0 fully saturated rings. The van der Waals surface area contributed by atoms with E-state index in [-0.39, 0.29) is 5.56 Å². The molecular formula is C26H34N2O3. The molecule has 0 aliphatic rings. The Morgan fingerprint density at radius 1 is 1.00 bits per heavy atom. The zero-order valence-electron chi connectivity index (χ0n) is 19.1. The first-order valence-corrected chi connectivity index (χ1v) is 11.3. The van der Waals surface area contributed by atoms with Crippen molar-refractivity contribution in [2.75, 3.05) is 19.6 Å². The molecule has 0 aliphatic carbocycles. The second kappa shape index (κ2) is 10.5. The van der Waals surface area contributed by atoms with Crippen molar-refractivity contribution in [3.8, 4) is 11.5 Å². The number of aryl methyl sites for hydroxylation is 2. The molecule has 5 nitrogen and oxygen atoms in total. The van der Waals surface area contributed by atoms with Crippen molar-refractivity contribution >= 4 is 16.9 Å². The second-order valence-electron chi connectivity index (χ2n) is 8.17. The lowest BCUT2D eigenvalue weighted by Crippen LogP contribution is -2.27. The summed E-state index contributed by atoms with van der Waals surface area (Å²) in [7, 11) is 0. The van der Waals surface area contributed by atoms with Gasteiger partial charge in [0.1, 0.15) is 11.5 Å². The molecule has 1 N–H and O–H groups in total. The summed E-state index contributed by atoms with van der Waals surface area (Å²) in [6.45, 7) is 13.3. The first-order valence-electron chi connectivity index (χ1n) is 11.3. The van der Waals surface area contributed by atoms with E-state index in [1.54, 1.807) is 24.3 Å². The molecule has 0 saturated heterocycles. The average molecular weight is 423 g/mol. The molecule has 3 aromatic rings. The first-order chi connectivity index (χ1) is 14.9. The van der Waals surface area contributed by atoms with Crippen LogP contribution in [0.3, 0.4) is 0 Å². The summed E-state index contributed by atoms with van der Waals surface area (Å²) in [6.07, 6.45) is 3.52. The zero-order chi connectivity index (χ0) is 22.4. The topological polar surface area (TPSA) is 54.7 Å². The van der Waals surface area contributed by atoms with Crippen molar-refractivity contribution in [2.24, 2.45) is 0 Å². The first kappa shape index (κ1) is 22.9. The van der Waals surface area contributed by atoms with Crippen LogP contribution in [-0.2, 0) is 6.54 Å². The van der Waals surface area contributed by atoms with Crippen LogP contribution >= 0.6 is 0 Å². The minimum absolute atomic E-state index is 0.219. The van der Waals surface area contributed by atoms with E-state index in [1.807, 2.05) is 6.07 Å². The predicted molar refractivity (Wildman–Crippen MR) is 127 cm³/mol. The van der Waals surface area contributed by atoms with Gasteiger partial charge >= 0.3 is 5.97 Å². The third kappa shape index (κ3) is 5.47. The smallest absolute Gasteiger partial charge is 0.335 e. The quantitative estimate of drug-likeness (QED) is 0.396. The molecule has 2 aromatic carbocycles. The molecule has 0 spiro atoms. The van der Waals surface area contributed by atoms with E-state index >= 15 is 0 Å². The van der Waals surface area contributed by atoms with Crippen molar-refractivity contribution < 1.29 is 14.6 Å². The highest BCUT2D eigenvalue weighted by molar-refractivity contribution is 5.88. The van der Waals surface area contributed by atoms with Crippen LogP contribution in [0.15, 0.2) is 42.5 Å². The van der Waals surface area contributed by atoms with Gasteiger partial charge in [0.25, 0.3) is 0 Å². The molecule has 0 radical (unpaired) electrons. The normalized spacial score (nSPS) is 11.4. The Labute approximate surface area is 185 Å². The van der Waals surface area contributed by atoms with Crippen LogP contribution in [0.25, 0.3) is 10.9 Å². The summed E-state index contributed by atoms with van der Waals surface area (Å²) in [5.41, 5.74) is 3.99. The number of aromatic nitrogens is 1. The van der Waals surface area contributed by atoms with Crippen molar-refractivity contribution in [1.29, 1.82) is 0 Å². The molecule has 0 amide bonds. The summed E-state index contributed by atoms with van der Waals surface area (Å²) < 4.78 is 8.38. The summed E-state index contributed by atoms with van der Waals surface area (Å²) in [6, 6.07) is 12.7. The fourth-order valence-electron chi connectivity index (χ4n) is 4.23. The Balaban J connectivity index is 1.77.